The monoisotopic (exact) mass is 744 g/mol. The molecule has 0 N–H and O–H groups in total. The molecule has 0 aliphatic heterocycles. The molecule has 0 fully saturated rings. The molecule has 1 atom stereocenters. The van der Waals surface area contributed by atoms with Gasteiger partial charge >= 0.3 is 5.97 Å². The molecule has 2 aliphatic rings. The molecule has 0 amide bonds. The highest BCUT2D eigenvalue weighted by Gasteiger charge is 2.49. The number of rotatable bonds is 23. The Morgan fingerprint density at radius 2 is 1.15 bits per heavy atom. The van der Waals surface area contributed by atoms with Crippen molar-refractivity contribution in [3.05, 3.63) is 124 Å². The number of carbonyl (C=O) groups excluding carboxylic acids is 1. The molecule has 0 bridgehead atoms. The topological polar surface area (TPSA) is 63.2 Å². The van der Waals surface area contributed by atoms with Gasteiger partial charge in [-0.05, 0) is 104 Å². The van der Waals surface area contributed by atoms with Crippen molar-refractivity contribution in [3.8, 4) is 23.0 Å². The zero-order valence-electron chi connectivity index (χ0n) is 33.1. The third kappa shape index (κ3) is 10.8. The predicted molar refractivity (Wildman–Crippen MR) is 222 cm³/mol. The van der Waals surface area contributed by atoms with E-state index in [-0.39, 0.29) is 11.4 Å². The minimum atomic E-state index is -0.369. The lowest BCUT2D eigenvalue weighted by atomic mass is 9.76. The molecule has 292 valence electrons. The van der Waals surface area contributed by atoms with Crippen LogP contribution in [0.25, 0.3) is 6.08 Å². The smallest absolute Gasteiger partial charge is 0.343 e. The van der Waals surface area contributed by atoms with E-state index in [9.17, 15) is 4.79 Å². The van der Waals surface area contributed by atoms with E-state index in [0.29, 0.717) is 24.5 Å². The number of fused-ring (bicyclic) bond motifs is 4. The van der Waals surface area contributed by atoms with Crippen LogP contribution in [-0.2, 0) is 23.1 Å². The van der Waals surface area contributed by atoms with E-state index >= 15 is 0 Å². The van der Waals surface area contributed by atoms with Crippen molar-refractivity contribution in [2.75, 3.05) is 19.8 Å². The van der Waals surface area contributed by atoms with Gasteiger partial charge in [-0.25, -0.2) is 4.79 Å². The molecule has 0 radical (unpaired) electrons. The number of benzene rings is 4. The van der Waals surface area contributed by atoms with Crippen molar-refractivity contribution < 1.29 is 28.8 Å². The first-order valence-corrected chi connectivity index (χ1v) is 21.0. The van der Waals surface area contributed by atoms with E-state index in [2.05, 4.69) is 38.1 Å². The Kier molecular flexibility index (Phi) is 15.3. The Hall–Kier alpha value is -4.55. The average molecular weight is 745 g/mol. The van der Waals surface area contributed by atoms with Crippen molar-refractivity contribution in [2.45, 2.75) is 122 Å². The van der Waals surface area contributed by atoms with E-state index in [4.69, 9.17) is 24.0 Å². The second-order valence-corrected chi connectivity index (χ2v) is 15.1. The zero-order chi connectivity index (χ0) is 38.1. The summed E-state index contributed by atoms with van der Waals surface area (Å²) in [5, 5.41) is 0. The first kappa shape index (κ1) is 40.1. The van der Waals surface area contributed by atoms with Gasteiger partial charge in [-0.15, -0.1) is 0 Å². The molecule has 1 unspecified atom stereocenters. The predicted octanol–water partition coefficient (Wildman–Crippen LogP) is 12.6. The maximum Gasteiger partial charge on any atom is 0.343 e. The van der Waals surface area contributed by atoms with Crippen LogP contribution in [0.4, 0.5) is 0 Å². The molecule has 4 aromatic carbocycles. The maximum atomic E-state index is 13.5. The molecule has 2 aliphatic carbocycles. The SMILES string of the molecule is CCCCCCCCOc1ccc(C=CCOOc2cccc3c2C2(CC3)CCc3cccc(OC(=O)c4ccc(OCCCCCCCC)cc4)c32)cc1. The summed E-state index contributed by atoms with van der Waals surface area (Å²) in [6.45, 7) is 6.23. The number of hydrogen-bond acceptors (Lipinski definition) is 6. The van der Waals surface area contributed by atoms with Crippen molar-refractivity contribution >= 4 is 12.0 Å². The van der Waals surface area contributed by atoms with Gasteiger partial charge in [0, 0.05) is 16.5 Å². The molecule has 6 rings (SSSR count). The molecule has 0 heterocycles. The van der Waals surface area contributed by atoms with Crippen LogP contribution in [-0.4, -0.2) is 25.8 Å². The third-order valence-corrected chi connectivity index (χ3v) is 11.2. The number of ether oxygens (including phenoxy) is 3. The second kappa shape index (κ2) is 20.9. The largest absolute Gasteiger partial charge is 0.494 e. The summed E-state index contributed by atoms with van der Waals surface area (Å²) >= 11 is 0. The first-order chi connectivity index (χ1) is 27.1. The van der Waals surface area contributed by atoms with Crippen LogP contribution in [0.5, 0.6) is 23.0 Å². The molecule has 6 nitrogen and oxygen atoms in total. The number of aryl methyl sites for hydroxylation is 2. The minimum Gasteiger partial charge on any atom is -0.494 e. The van der Waals surface area contributed by atoms with E-state index in [1.54, 1.807) is 12.1 Å². The van der Waals surface area contributed by atoms with Gasteiger partial charge < -0.3 is 19.1 Å². The Labute approximate surface area is 329 Å². The maximum absolute atomic E-state index is 13.5. The van der Waals surface area contributed by atoms with E-state index in [0.717, 1.165) is 79.1 Å². The van der Waals surface area contributed by atoms with Gasteiger partial charge in [0.15, 0.2) is 5.75 Å². The number of esters is 1. The lowest BCUT2D eigenvalue weighted by molar-refractivity contribution is -0.196. The minimum absolute atomic E-state index is 0.301. The number of carbonyl (C=O) groups is 1. The van der Waals surface area contributed by atoms with E-state index in [1.165, 1.54) is 75.3 Å². The molecular formula is C49H60O6. The Bertz CT molecular complexity index is 1810. The zero-order valence-corrected chi connectivity index (χ0v) is 33.1. The highest BCUT2D eigenvalue weighted by molar-refractivity contribution is 5.91. The molecule has 55 heavy (non-hydrogen) atoms. The quantitative estimate of drug-likeness (QED) is 0.0248. The van der Waals surface area contributed by atoms with E-state index in [1.807, 2.05) is 60.7 Å². The van der Waals surface area contributed by atoms with Gasteiger partial charge in [0.1, 0.15) is 23.9 Å². The molecule has 1 spiro atoms. The summed E-state index contributed by atoms with van der Waals surface area (Å²) in [6, 6.07) is 27.8. The summed E-state index contributed by atoms with van der Waals surface area (Å²) in [4.78, 5) is 25.4. The highest BCUT2D eigenvalue weighted by atomic mass is 17.2. The molecule has 4 aromatic rings. The van der Waals surface area contributed by atoms with Crippen molar-refractivity contribution in [3.63, 3.8) is 0 Å². The molecule has 0 saturated heterocycles. The van der Waals surface area contributed by atoms with Gasteiger partial charge in [0.2, 0.25) is 0 Å². The summed E-state index contributed by atoms with van der Waals surface area (Å²) in [6.07, 6.45) is 22.5. The number of unbranched alkanes of at least 4 members (excludes halogenated alkanes) is 10. The number of hydrogen-bond donors (Lipinski definition) is 0. The van der Waals surface area contributed by atoms with Crippen LogP contribution >= 0.6 is 0 Å². The standard InChI is InChI=1S/C49H60O6/c1-3-5-7-9-11-13-35-51-42-27-23-38(24-28-42)18-17-37-53-55-45-22-16-20-40-32-34-49(47(40)45)33-31-39-19-15-21-44(46(39)49)54-48(50)41-25-29-43(30-26-41)52-36-14-12-10-8-6-4-2/h15-30H,3-14,31-37H2,1-2H3. The molecular weight excluding hydrogens is 685 g/mol. The van der Waals surface area contributed by atoms with Crippen molar-refractivity contribution in [1.29, 1.82) is 0 Å². The summed E-state index contributed by atoms with van der Waals surface area (Å²) in [5.41, 5.74) is 5.97. The van der Waals surface area contributed by atoms with Gasteiger partial charge in [-0.2, -0.15) is 4.89 Å². The van der Waals surface area contributed by atoms with Crippen molar-refractivity contribution in [1.82, 2.24) is 0 Å². The van der Waals surface area contributed by atoms with Gasteiger partial charge in [-0.1, -0.05) is 127 Å². The van der Waals surface area contributed by atoms with Crippen molar-refractivity contribution in [2.24, 2.45) is 0 Å². The lowest BCUT2D eigenvalue weighted by Crippen LogP contribution is -2.24. The van der Waals surface area contributed by atoms with Crippen LogP contribution in [0.1, 0.15) is 142 Å². The Morgan fingerprint density at radius 3 is 1.75 bits per heavy atom. The lowest BCUT2D eigenvalue weighted by Gasteiger charge is -2.29. The highest BCUT2D eigenvalue weighted by Crippen LogP contribution is 2.57. The summed E-state index contributed by atoms with van der Waals surface area (Å²) in [7, 11) is 0. The molecule has 0 saturated carbocycles. The van der Waals surface area contributed by atoms with Crippen LogP contribution in [0.3, 0.4) is 0 Å². The van der Waals surface area contributed by atoms with Gasteiger partial charge in [0.25, 0.3) is 0 Å². The molecule has 0 aromatic heterocycles. The van der Waals surface area contributed by atoms with E-state index < -0.39 is 0 Å². The van der Waals surface area contributed by atoms with Crippen LogP contribution in [0.15, 0.2) is 91.0 Å². The Balaban J connectivity index is 1.03. The van der Waals surface area contributed by atoms with Crippen LogP contribution < -0.4 is 19.1 Å². The Morgan fingerprint density at radius 1 is 0.618 bits per heavy atom. The summed E-state index contributed by atoms with van der Waals surface area (Å²) in [5.74, 6) is 2.65. The fourth-order valence-corrected chi connectivity index (χ4v) is 8.24. The van der Waals surface area contributed by atoms with Crippen LogP contribution in [0.2, 0.25) is 0 Å². The second-order valence-electron chi connectivity index (χ2n) is 15.1. The fraction of sp³-hybridized carbons (Fsp3) is 0.449. The molecule has 6 heteroatoms. The fourth-order valence-electron chi connectivity index (χ4n) is 8.24. The van der Waals surface area contributed by atoms with Gasteiger partial charge in [-0.3, -0.25) is 0 Å². The van der Waals surface area contributed by atoms with Gasteiger partial charge in [0.05, 0.1) is 18.8 Å². The first-order valence-electron chi connectivity index (χ1n) is 21.0. The third-order valence-electron chi connectivity index (χ3n) is 11.2. The normalized spacial score (nSPS) is 15.7. The summed E-state index contributed by atoms with van der Waals surface area (Å²) < 4.78 is 18.1. The van der Waals surface area contributed by atoms with Crippen LogP contribution in [0, 0.1) is 0 Å². The average Bonchev–Trinajstić information content (AvgIpc) is 3.79.